The third kappa shape index (κ3) is 1.92. The first-order valence-corrected chi connectivity index (χ1v) is 5.79. The summed E-state index contributed by atoms with van der Waals surface area (Å²) in [4.78, 5) is 13.7. The Balaban J connectivity index is 1.94. The molecule has 0 aromatic heterocycles. The number of hydrogen-bond donors (Lipinski definition) is 1. The zero-order valence-corrected chi connectivity index (χ0v) is 8.96. The molecule has 1 atom stereocenters. The summed E-state index contributed by atoms with van der Waals surface area (Å²) in [5, 5.41) is 3.12. The van der Waals surface area contributed by atoms with Crippen LogP contribution in [0, 0.1) is 5.92 Å². The molecule has 80 valence electrons. The number of carbonyl (C=O) groups is 1. The number of piperazine rings is 1. The summed E-state index contributed by atoms with van der Waals surface area (Å²) in [6.07, 6.45) is 5.35. The van der Waals surface area contributed by atoms with Crippen LogP contribution in [0.15, 0.2) is 0 Å². The molecule has 1 saturated heterocycles. The Morgan fingerprint density at radius 1 is 1.43 bits per heavy atom. The Labute approximate surface area is 85.8 Å². The highest BCUT2D eigenvalue weighted by molar-refractivity contribution is 5.79. The molecule has 2 rings (SSSR count). The van der Waals surface area contributed by atoms with Crippen molar-refractivity contribution in [2.24, 2.45) is 5.92 Å². The molecule has 1 aliphatic heterocycles. The highest BCUT2D eigenvalue weighted by Gasteiger charge is 2.30. The first-order chi connectivity index (χ1) is 6.79. The fraction of sp³-hybridized carbons (Fsp3) is 0.909. The lowest BCUT2D eigenvalue weighted by atomic mass is 9.97. The summed E-state index contributed by atoms with van der Waals surface area (Å²) >= 11 is 0. The zero-order chi connectivity index (χ0) is 9.97. The van der Waals surface area contributed by atoms with Crippen LogP contribution in [-0.2, 0) is 4.79 Å². The molecule has 1 amide bonds. The monoisotopic (exact) mass is 196 g/mol. The van der Waals surface area contributed by atoms with E-state index in [-0.39, 0.29) is 5.91 Å². The fourth-order valence-electron chi connectivity index (χ4n) is 2.75. The van der Waals surface area contributed by atoms with Crippen LogP contribution in [0.25, 0.3) is 0 Å². The zero-order valence-electron chi connectivity index (χ0n) is 8.96. The Hall–Kier alpha value is -0.570. The second-order valence-corrected chi connectivity index (χ2v) is 4.55. The quantitative estimate of drug-likeness (QED) is 0.714. The van der Waals surface area contributed by atoms with Gasteiger partial charge in [0.15, 0.2) is 0 Å². The van der Waals surface area contributed by atoms with Crippen LogP contribution in [0.1, 0.15) is 32.6 Å². The Morgan fingerprint density at radius 3 is 2.79 bits per heavy atom. The van der Waals surface area contributed by atoms with Crippen molar-refractivity contribution in [3.05, 3.63) is 0 Å². The van der Waals surface area contributed by atoms with E-state index in [4.69, 9.17) is 0 Å². The number of nitrogens with zero attached hydrogens (tertiary/aromatic N) is 1. The van der Waals surface area contributed by atoms with Crippen LogP contribution < -0.4 is 5.32 Å². The molecule has 14 heavy (non-hydrogen) atoms. The normalized spacial score (nSPS) is 26.9. The third-order valence-corrected chi connectivity index (χ3v) is 3.70. The van der Waals surface area contributed by atoms with Crippen molar-refractivity contribution in [1.82, 2.24) is 10.2 Å². The Morgan fingerprint density at radius 2 is 2.14 bits per heavy atom. The second-order valence-electron chi connectivity index (χ2n) is 4.55. The standard InChI is InChI=1S/C11H20N2O/c1-9(10-4-2-3-5-10)13-7-6-12-8-11(13)14/h9-10,12H,2-8H2,1H3. The van der Waals surface area contributed by atoms with Gasteiger partial charge < -0.3 is 10.2 Å². The number of nitrogens with one attached hydrogen (secondary N) is 1. The van der Waals surface area contributed by atoms with Gasteiger partial charge in [0, 0.05) is 19.1 Å². The van der Waals surface area contributed by atoms with Crippen molar-refractivity contribution in [1.29, 1.82) is 0 Å². The molecule has 0 aromatic rings. The third-order valence-electron chi connectivity index (χ3n) is 3.70. The van der Waals surface area contributed by atoms with E-state index in [2.05, 4.69) is 17.1 Å². The van der Waals surface area contributed by atoms with E-state index in [9.17, 15) is 4.79 Å². The Kier molecular flexibility index (Phi) is 3.06. The molecule has 3 heteroatoms. The number of carbonyl (C=O) groups excluding carboxylic acids is 1. The van der Waals surface area contributed by atoms with E-state index in [1.807, 2.05) is 0 Å². The minimum absolute atomic E-state index is 0.288. The average Bonchev–Trinajstić information content (AvgIpc) is 2.70. The van der Waals surface area contributed by atoms with Crippen molar-refractivity contribution in [3.8, 4) is 0 Å². The molecule has 2 fully saturated rings. The van der Waals surface area contributed by atoms with Gasteiger partial charge in [-0.25, -0.2) is 0 Å². The molecule has 0 spiro atoms. The van der Waals surface area contributed by atoms with Crippen molar-refractivity contribution in [2.75, 3.05) is 19.6 Å². The molecular formula is C11H20N2O. The maximum atomic E-state index is 11.7. The molecule has 0 radical (unpaired) electrons. The predicted octanol–water partition coefficient (Wildman–Crippen LogP) is 0.997. The van der Waals surface area contributed by atoms with Gasteiger partial charge >= 0.3 is 0 Å². The van der Waals surface area contributed by atoms with Crippen molar-refractivity contribution < 1.29 is 4.79 Å². The average molecular weight is 196 g/mol. The van der Waals surface area contributed by atoms with Crippen LogP contribution >= 0.6 is 0 Å². The lowest BCUT2D eigenvalue weighted by Crippen LogP contribution is -2.53. The molecule has 1 unspecified atom stereocenters. The predicted molar refractivity (Wildman–Crippen MR) is 56.0 cm³/mol. The fourth-order valence-corrected chi connectivity index (χ4v) is 2.75. The minimum atomic E-state index is 0.288. The smallest absolute Gasteiger partial charge is 0.236 e. The van der Waals surface area contributed by atoms with E-state index in [1.165, 1.54) is 25.7 Å². The van der Waals surface area contributed by atoms with Gasteiger partial charge in [0.05, 0.1) is 6.54 Å². The highest BCUT2D eigenvalue weighted by atomic mass is 16.2. The van der Waals surface area contributed by atoms with E-state index in [1.54, 1.807) is 0 Å². The number of hydrogen-bond acceptors (Lipinski definition) is 2. The van der Waals surface area contributed by atoms with E-state index in [0.29, 0.717) is 12.6 Å². The topological polar surface area (TPSA) is 32.3 Å². The molecule has 2 aliphatic rings. The SMILES string of the molecule is CC(C1CCCC1)N1CCNCC1=O. The number of rotatable bonds is 2. The maximum Gasteiger partial charge on any atom is 0.236 e. The molecule has 1 saturated carbocycles. The van der Waals surface area contributed by atoms with Crippen molar-refractivity contribution >= 4 is 5.91 Å². The van der Waals surface area contributed by atoms with Gasteiger partial charge in [-0.05, 0) is 25.7 Å². The first-order valence-electron chi connectivity index (χ1n) is 5.79. The van der Waals surface area contributed by atoms with Crippen LogP contribution in [-0.4, -0.2) is 36.5 Å². The summed E-state index contributed by atoms with van der Waals surface area (Å²) in [5.41, 5.74) is 0. The second kappa shape index (κ2) is 4.30. The number of amides is 1. The summed E-state index contributed by atoms with van der Waals surface area (Å²) in [7, 11) is 0. The van der Waals surface area contributed by atoms with Gasteiger partial charge in [-0.15, -0.1) is 0 Å². The van der Waals surface area contributed by atoms with Gasteiger partial charge in [0.25, 0.3) is 0 Å². The van der Waals surface area contributed by atoms with E-state index in [0.717, 1.165) is 19.0 Å². The molecule has 0 bridgehead atoms. The van der Waals surface area contributed by atoms with Crippen LogP contribution in [0.4, 0.5) is 0 Å². The summed E-state index contributed by atoms with van der Waals surface area (Å²) < 4.78 is 0. The largest absolute Gasteiger partial charge is 0.337 e. The highest BCUT2D eigenvalue weighted by Crippen LogP contribution is 2.30. The van der Waals surface area contributed by atoms with Crippen LogP contribution in [0.3, 0.4) is 0 Å². The van der Waals surface area contributed by atoms with Crippen molar-refractivity contribution in [2.45, 2.75) is 38.6 Å². The summed E-state index contributed by atoms with van der Waals surface area (Å²) in [6.45, 7) is 4.62. The molecule has 1 N–H and O–H groups in total. The summed E-state index contributed by atoms with van der Waals surface area (Å²) in [5.74, 6) is 1.05. The summed E-state index contributed by atoms with van der Waals surface area (Å²) in [6, 6.07) is 0.465. The molecular weight excluding hydrogens is 176 g/mol. The molecule has 3 nitrogen and oxygen atoms in total. The Bertz CT molecular complexity index is 211. The van der Waals surface area contributed by atoms with Crippen molar-refractivity contribution in [3.63, 3.8) is 0 Å². The molecule has 0 aromatic carbocycles. The van der Waals surface area contributed by atoms with E-state index < -0.39 is 0 Å². The van der Waals surface area contributed by atoms with Gasteiger partial charge in [0.2, 0.25) is 5.91 Å². The maximum absolute atomic E-state index is 11.7. The van der Waals surface area contributed by atoms with Crippen LogP contribution in [0.5, 0.6) is 0 Å². The first kappa shape index (κ1) is 9.97. The van der Waals surface area contributed by atoms with Gasteiger partial charge in [0.1, 0.15) is 0 Å². The lowest BCUT2D eigenvalue weighted by molar-refractivity contribution is -0.135. The lowest BCUT2D eigenvalue weighted by Gasteiger charge is -2.36. The van der Waals surface area contributed by atoms with Gasteiger partial charge in [-0.3, -0.25) is 4.79 Å². The molecule has 1 aliphatic carbocycles. The van der Waals surface area contributed by atoms with Gasteiger partial charge in [-0.1, -0.05) is 12.8 Å². The minimum Gasteiger partial charge on any atom is -0.337 e. The van der Waals surface area contributed by atoms with E-state index >= 15 is 0 Å². The van der Waals surface area contributed by atoms with Gasteiger partial charge in [-0.2, -0.15) is 0 Å². The van der Waals surface area contributed by atoms with Crippen LogP contribution in [0.2, 0.25) is 0 Å². The molecule has 1 heterocycles.